The van der Waals surface area contributed by atoms with Crippen molar-refractivity contribution >= 4 is 5.82 Å². The Kier molecular flexibility index (Phi) is 3.83. The summed E-state index contributed by atoms with van der Waals surface area (Å²) in [6.45, 7) is 6.86. The molecule has 1 atom stereocenters. The lowest BCUT2D eigenvalue weighted by atomic mass is 10.1. The van der Waals surface area contributed by atoms with Gasteiger partial charge in [-0.1, -0.05) is 13.8 Å². The van der Waals surface area contributed by atoms with Gasteiger partial charge in [0.15, 0.2) is 0 Å². The summed E-state index contributed by atoms with van der Waals surface area (Å²) in [5.74, 6) is 1.21. The highest BCUT2D eigenvalue weighted by Crippen LogP contribution is 2.11. The Hall–Kier alpha value is -1.16. The van der Waals surface area contributed by atoms with Gasteiger partial charge in [-0.05, 0) is 25.0 Å². The maximum Gasteiger partial charge on any atom is 0.148 e. The zero-order valence-corrected chi connectivity index (χ0v) is 8.99. The van der Waals surface area contributed by atoms with Gasteiger partial charge < -0.3 is 11.1 Å². The second-order valence-corrected chi connectivity index (χ2v) is 3.86. The number of nitrogens with two attached hydrogens (primary N) is 1. The molecule has 0 aliphatic rings. The minimum absolute atomic E-state index is 0.126. The summed E-state index contributed by atoms with van der Waals surface area (Å²) in [4.78, 5) is 0. The molecule has 0 spiro atoms. The first-order chi connectivity index (χ1) is 6.59. The summed E-state index contributed by atoms with van der Waals surface area (Å²) in [6, 6.07) is 4.05. The van der Waals surface area contributed by atoms with Gasteiger partial charge in [-0.3, -0.25) is 0 Å². The van der Waals surface area contributed by atoms with Crippen LogP contribution in [0.2, 0.25) is 0 Å². The highest BCUT2D eigenvalue weighted by atomic mass is 15.2. The highest BCUT2D eigenvalue weighted by Gasteiger charge is 2.01. The van der Waals surface area contributed by atoms with Crippen molar-refractivity contribution < 1.29 is 0 Å². The van der Waals surface area contributed by atoms with Crippen molar-refractivity contribution in [3.8, 4) is 0 Å². The van der Waals surface area contributed by atoms with Crippen molar-refractivity contribution in [1.29, 1.82) is 0 Å². The van der Waals surface area contributed by atoms with Crippen LogP contribution in [0.15, 0.2) is 12.1 Å². The van der Waals surface area contributed by atoms with Gasteiger partial charge in [0.25, 0.3) is 0 Å². The average Bonchev–Trinajstić information content (AvgIpc) is 2.15. The van der Waals surface area contributed by atoms with Gasteiger partial charge in [0.1, 0.15) is 5.82 Å². The van der Waals surface area contributed by atoms with Crippen molar-refractivity contribution in [2.24, 2.45) is 5.73 Å². The first-order valence-electron chi connectivity index (χ1n) is 4.92. The fourth-order valence-electron chi connectivity index (χ4n) is 1.01. The van der Waals surface area contributed by atoms with E-state index in [4.69, 9.17) is 5.73 Å². The molecule has 4 heteroatoms. The van der Waals surface area contributed by atoms with Gasteiger partial charge in [0, 0.05) is 12.6 Å². The fraction of sp³-hybridized carbons (Fsp3) is 0.600. The van der Waals surface area contributed by atoms with E-state index in [1.807, 2.05) is 19.1 Å². The third kappa shape index (κ3) is 3.30. The number of hydrogen-bond acceptors (Lipinski definition) is 4. The lowest BCUT2D eigenvalue weighted by Crippen LogP contribution is -2.25. The monoisotopic (exact) mass is 194 g/mol. The summed E-state index contributed by atoms with van der Waals surface area (Å²) in [7, 11) is 0. The Morgan fingerprint density at radius 1 is 1.29 bits per heavy atom. The van der Waals surface area contributed by atoms with E-state index in [1.54, 1.807) is 0 Å². The largest absolute Gasteiger partial charge is 0.367 e. The van der Waals surface area contributed by atoms with Crippen molar-refractivity contribution in [3.05, 3.63) is 17.8 Å². The SMILES string of the molecule is CC(N)CNc1ccc(C(C)C)nn1. The maximum atomic E-state index is 5.61. The van der Waals surface area contributed by atoms with Gasteiger partial charge in [0.2, 0.25) is 0 Å². The molecule has 1 unspecified atom stereocenters. The van der Waals surface area contributed by atoms with Crippen molar-refractivity contribution in [1.82, 2.24) is 10.2 Å². The minimum Gasteiger partial charge on any atom is -0.367 e. The summed E-state index contributed by atoms with van der Waals surface area (Å²) in [5.41, 5.74) is 6.62. The molecule has 0 aliphatic carbocycles. The molecule has 0 aliphatic heterocycles. The van der Waals surface area contributed by atoms with E-state index in [0.29, 0.717) is 5.92 Å². The maximum absolute atomic E-state index is 5.61. The number of nitrogens with zero attached hydrogens (tertiary/aromatic N) is 2. The Morgan fingerprint density at radius 3 is 2.43 bits per heavy atom. The summed E-state index contributed by atoms with van der Waals surface area (Å²) < 4.78 is 0. The molecule has 0 fully saturated rings. The molecular formula is C10H18N4. The van der Waals surface area contributed by atoms with Crippen LogP contribution in [0.1, 0.15) is 32.4 Å². The van der Waals surface area contributed by atoms with Crippen LogP contribution < -0.4 is 11.1 Å². The first-order valence-corrected chi connectivity index (χ1v) is 4.92. The molecule has 1 rings (SSSR count). The van der Waals surface area contributed by atoms with Gasteiger partial charge >= 0.3 is 0 Å². The molecule has 0 amide bonds. The Morgan fingerprint density at radius 2 is 2.00 bits per heavy atom. The van der Waals surface area contributed by atoms with Crippen LogP contribution in [0.25, 0.3) is 0 Å². The number of anilines is 1. The van der Waals surface area contributed by atoms with Crippen molar-refractivity contribution in [2.45, 2.75) is 32.7 Å². The smallest absolute Gasteiger partial charge is 0.148 e. The zero-order chi connectivity index (χ0) is 10.6. The van der Waals surface area contributed by atoms with E-state index in [2.05, 4.69) is 29.4 Å². The third-order valence-corrected chi connectivity index (χ3v) is 1.88. The molecule has 1 heterocycles. The van der Waals surface area contributed by atoms with Gasteiger partial charge in [-0.15, -0.1) is 5.10 Å². The molecule has 0 bridgehead atoms. The van der Waals surface area contributed by atoms with E-state index in [0.717, 1.165) is 18.1 Å². The number of hydrogen-bond donors (Lipinski definition) is 2. The molecule has 0 saturated carbocycles. The molecule has 4 nitrogen and oxygen atoms in total. The number of rotatable bonds is 4. The van der Waals surface area contributed by atoms with E-state index in [-0.39, 0.29) is 6.04 Å². The van der Waals surface area contributed by atoms with E-state index < -0.39 is 0 Å². The van der Waals surface area contributed by atoms with E-state index in [1.165, 1.54) is 0 Å². The lowest BCUT2D eigenvalue weighted by molar-refractivity contribution is 0.762. The van der Waals surface area contributed by atoms with Crippen LogP contribution in [-0.4, -0.2) is 22.8 Å². The predicted molar refractivity (Wildman–Crippen MR) is 58.3 cm³/mol. The average molecular weight is 194 g/mol. The molecule has 0 saturated heterocycles. The molecule has 0 aromatic carbocycles. The molecule has 0 radical (unpaired) electrons. The standard InChI is InChI=1S/C10H18N4/c1-7(2)9-4-5-10(14-13-9)12-6-8(3)11/h4-5,7-8H,6,11H2,1-3H3,(H,12,14). The lowest BCUT2D eigenvalue weighted by Gasteiger charge is -2.08. The predicted octanol–water partition coefficient (Wildman–Crippen LogP) is 1.36. The Bertz CT molecular complexity index is 266. The zero-order valence-electron chi connectivity index (χ0n) is 8.99. The van der Waals surface area contributed by atoms with Gasteiger partial charge in [0.05, 0.1) is 5.69 Å². The van der Waals surface area contributed by atoms with E-state index in [9.17, 15) is 0 Å². The van der Waals surface area contributed by atoms with Crippen LogP contribution in [0.3, 0.4) is 0 Å². The van der Waals surface area contributed by atoms with Crippen LogP contribution >= 0.6 is 0 Å². The van der Waals surface area contributed by atoms with Crippen LogP contribution in [0.5, 0.6) is 0 Å². The molecule has 3 N–H and O–H groups in total. The normalized spacial score (nSPS) is 12.9. The molecule has 1 aromatic rings. The summed E-state index contributed by atoms with van der Waals surface area (Å²) in [5, 5.41) is 11.3. The third-order valence-electron chi connectivity index (χ3n) is 1.88. The summed E-state index contributed by atoms with van der Waals surface area (Å²) in [6.07, 6.45) is 0. The van der Waals surface area contributed by atoms with Gasteiger partial charge in [-0.2, -0.15) is 5.10 Å². The number of nitrogens with one attached hydrogen (secondary N) is 1. The van der Waals surface area contributed by atoms with Crippen LogP contribution in [0.4, 0.5) is 5.82 Å². The van der Waals surface area contributed by atoms with E-state index >= 15 is 0 Å². The molecule has 1 aromatic heterocycles. The van der Waals surface area contributed by atoms with Crippen LogP contribution in [-0.2, 0) is 0 Å². The topological polar surface area (TPSA) is 63.8 Å². The van der Waals surface area contributed by atoms with Crippen molar-refractivity contribution in [2.75, 3.05) is 11.9 Å². The first kappa shape index (κ1) is 10.9. The highest BCUT2D eigenvalue weighted by molar-refractivity contribution is 5.33. The second kappa shape index (κ2) is 4.91. The van der Waals surface area contributed by atoms with Gasteiger partial charge in [-0.25, -0.2) is 0 Å². The van der Waals surface area contributed by atoms with Crippen LogP contribution in [0, 0.1) is 0 Å². The molecular weight excluding hydrogens is 176 g/mol. The molecule has 14 heavy (non-hydrogen) atoms. The minimum atomic E-state index is 0.126. The molecule has 78 valence electrons. The second-order valence-electron chi connectivity index (χ2n) is 3.86. The Balaban J connectivity index is 2.55. The Labute approximate surface area is 84.9 Å². The summed E-state index contributed by atoms with van der Waals surface area (Å²) >= 11 is 0. The quantitative estimate of drug-likeness (QED) is 0.759. The number of aromatic nitrogens is 2. The fourth-order valence-corrected chi connectivity index (χ4v) is 1.01. The van der Waals surface area contributed by atoms with Crippen molar-refractivity contribution in [3.63, 3.8) is 0 Å².